The first-order valence-corrected chi connectivity index (χ1v) is 5.26. The first kappa shape index (κ1) is 10.2. The van der Waals surface area contributed by atoms with Crippen LogP contribution in [0.25, 0.3) is 0 Å². The number of aromatic nitrogens is 1. The van der Waals surface area contributed by atoms with Gasteiger partial charge in [-0.15, -0.1) is 0 Å². The van der Waals surface area contributed by atoms with E-state index >= 15 is 0 Å². The second-order valence-electron chi connectivity index (χ2n) is 3.62. The lowest BCUT2D eigenvalue weighted by molar-refractivity contribution is 0.160. The van der Waals surface area contributed by atoms with Crippen LogP contribution in [-0.2, 0) is 0 Å². The first-order chi connectivity index (χ1) is 7.38. The van der Waals surface area contributed by atoms with E-state index in [0.717, 1.165) is 25.3 Å². The van der Waals surface area contributed by atoms with E-state index in [1.807, 2.05) is 12.1 Å². The molecular formula is C11H16N2O2. The molecule has 1 aliphatic rings. The van der Waals surface area contributed by atoms with Crippen LogP contribution in [-0.4, -0.2) is 31.3 Å². The zero-order chi connectivity index (χ0) is 10.5. The molecule has 0 radical (unpaired) electrons. The van der Waals surface area contributed by atoms with Gasteiger partial charge in [-0.1, -0.05) is 0 Å². The van der Waals surface area contributed by atoms with Gasteiger partial charge in [0.2, 0.25) is 5.88 Å². The summed E-state index contributed by atoms with van der Waals surface area (Å²) in [6.07, 6.45) is 4.19. The first-order valence-electron chi connectivity index (χ1n) is 5.26. The lowest BCUT2D eigenvalue weighted by atomic mass is 10.1. The summed E-state index contributed by atoms with van der Waals surface area (Å²) in [4.78, 5) is 4.17. The summed E-state index contributed by atoms with van der Waals surface area (Å²) in [5.74, 6) is 1.42. The summed E-state index contributed by atoms with van der Waals surface area (Å²) in [6.45, 7) is 2.00. The molecule has 2 rings (SSSR count). The second-order valence-corrected chi connectivity index (χ2v) is 3.62. The number of pyridine rings is 1. The fourth-order valence-corrected chi connectivity index (χ4v) is 1.65. The second kappa shape index (κ2) is 4.98. The van der Waals surface area contributed by atoms with E-state index in [4.69, 9.17) is 9.47 Å². The molecule has 1 saturated heterocycles. The number of nitrogens with one attached hydrogen (secondary N) is 1. The third-order valence-electron chi connectivity index (χ3n) is 2.48. The lowest BCUT2D eigenvalue weighted by Gasteiger charge is -2.23. The van der Waals surface area contributed by atoms with Crippen LogP contribution in [0.3, 0.4) is 0 Å². The summed E-state index contributed by atoms with van der Waals surface area (Å²) < 4.78 is 10.8. The fourth-order valence-electron chi connectivity index (χ4n) is 1.65. The fraction of sp³-hybridized carbons (Fsp3) is 0.545. The van der Waals surface area contributed by atoms with Gasteiger partial charge >= 0.3 is 0 Å². The Kier molecular flexibility index (Phi) is 3.40. The highest BCUT2D eigenvalue weighted by Gasteiger charge is 2.14. The Morgan fingerprint density at radius 3 is 3.00 bits per heavy atom. The van der Waals surface area contributed by atoms with Crippen molar-refractivity contribution in [2.24, 2.45) is 0 Å². The minimum Gasteiger partial charge on any atom is -0.495 e. The van der Waals surface area contributed by atoms with Crippen molar-refractivity contribution in [3.05, 3.63) is 18.3 Å². The van der Waals surface area contributed by atoms with Gasteiger partial charge in [0.15, 0.2) is 0 Å². The Labute approximate surface area is 89.6 Å². The summed E-state index contributed by atoms with van der Waals surface area (Å²) in [5, 5.41) is 3.30. The zero-order valence-electron chi connectivity index (χ0n) is 8.90. The normalized spacial score (nSPS) is 21.0. The van der Waals surface area contributed by atoms with Gasteiger partial charge in [-0.3, -0.25) is 0 Å². The van der Waals surface area contributed by atoms with Crippen molar-refractivity contribution in [1.82, 2.24) is 10.3 Å². The van der Waals surface area contributed by atoms with Crippen molar-refractivity contribution in [2.45, 2.75) is 18.9 Å². The average Bonchev–Trinajstić information content (AvgIpc) is 2.31. The average molecular weight is 208 g/mol. The van der Waals surface area contributed by atoms with Gasteiger partial charge in [-0.25, -0.2) is 4.98 Å². The molecule has 0 aliphatic carbocycles. The van der Waals surface area contributed by atoms with Gasteiger partial charge in [0, 0.05) is 12.6 Å². The van der Waals surface area contributed by atoms with Crippen LogP contribution in [0.5, 0.6) is 11.6 Å². The monoisotopic (exact) mass is 208 g/mol. The van der Waals surface area contributed by atoms with Crippen LogP contribution < -0.4 is 14.8 Å². The van der Waals surface area contributed by atoms with E-state index in [-0.39, 0.29) is 6.10 Å². The van der Waals surface area contributed by atoms with Crippen LogP contribution in [0.1, 0.15) is 12.8 Å². The van der Waals surface area contributed by atoms with Gasteiger partial charge in [0.05, 0.1) is 13.3 Å². The standard InChI is InChI=1S/C11H16N2O2/c1-14-9-4-5-11(13-8-9)15-10-3-2-6-12-7-10/h4-5,8,10,12H,2-3,6-7H2,1H3/t10-/m1/s1. The largest absolute Gasteiger partial charge is 0.495 e. The third kappa shape index (κ3) is 2.83. The molecule has 82 valence electrons. The third-order valence-corrected chi connectivity index (χ3v) is 2.48. The highest BCUT2D eigenvalue weighted by molar-refractivity contribution is 5.22. The maximum absolute atomic E-state index is 5.73. The van der Waals surface area contributed by atoms with E-state index in [9.17, 15) is 0 Å². The summed E-state index contributed by atoms with van der Waals surface area (Å²) in [6, 6.07) is 3.70. The molecule has 1 atom stereocenters. The van der Waals surface area contributed by atoms with Gasteiger partial charge in [-0.05, 0) is 25.5 Å². The summed E-state index contributed by atoms with van der Waals surface area (Å²) >= 11 is 0. The summed E-state index contributed by atoms with van der Waals surface area (Å²) in [5.41, 5.74) is 0. The Hall–Kier alpha value is -1.29. The number of methoxy groups -OCH3 is 1. The van der Waals surface area contributed by atoms with Gasteiger partial charge in [0.1, 0.15) is 11.9 Å². The minimum absolute atomic E-state index is 0.250. The molecule has 0 aromatic carbocycles. The Morgan fingerprint density at radius 1 is 1.47 bits per heavy atom. The molecule has 2 heterocycles. The van der Waals surface area contributed by atoms with Gasteiger partial charge in [0.25, 0.3) is 0 Å². The van der Waals surface area contributed by atoms with Crippen LogP contribution in [0, 0.1) is 0 Å². The molecule has 1 aromatic rings. The van der Waals surface area contributed by atoms with E-state index in [1.54, 1.807) is 13.3 Å². The Bertz CT molecular complexity index is 294. The van der Waals surface area contributed by atoms with E-state index in [1.165, 1.54) is 6.42 Å². The highest BCUT2D eigenvalue weighted by atomic mass is 16.5. The van der Waals surface area contributed by atoms with Crippen molar-refractivity contribution in [3.63, 3.8) is 0 Å². The molecule has 0 unspecified atom stereocenters. The van der Waals surface area contributed by atoms with Crippen molar-refractivity contribution < 1.29 is 9.47 Å². The molecule has 0 bridgehead atoms. The smallest absolute Gasteiger partial charge is 0.213 e. The number of hydrogen-bond donors (Lipinski definition) is 1. The Balaban J connectivity index is 1.91. The topological polar surface area (TPSA) is 43.4 Å². The molecule has 1 fully saturated rings. The van der Waals surface area contributed by atoms with E-state index in [0.29, 0.717) is 5.88 Å². The molecule has 0 spiro atoms. The minimum atomic E-state index is 0.250. The van der Waals surface area contributed by atoms with Crippen LogP contribution in [0.2, 0.25) is 0 Å². The zero-order valence-corrected chi connectivity index (χ0v) is 8.90. The molecule has 4 heteroatoms. The van der Waals surface area contributed by atoms with Crippen LogP contribution in [0.4, 0.5) is 0 Å². The maximum atomic E-state index is 5.73. The predicted molar refractivity (Wildman–Crippen MR) is 57.3 cm³/mol. The molecule has 15 heavy (non-hydrogen) atoms. The predicted octanol–water partition coefficient (Wildman–Crippen LogP) is 1.22. The number of nitrogens with zero attached hydrogens (tertiary/aromatic N) is 1. The number of rotatable bonds is 3. The molecule has 1 aromatic heterocycles. The molecule has 1 aliphatic heterocycles. The quantitative estimate of drug-likeness (QED) is 0.811. The van der Waals surface area contributed by atoms with Crippen LogP contribution >= 0.6 is 0 Å². The van der Waals surface area contributed by atoms with Crippen LogP contribution in [0.15, 0.2) is 18.3 Å². The van der Waals surface area contributed by atoms with Crippen molar-refractivity contribution in [3.8, 4) is 11.6 Å². The SMILES string of the molecule is COc1ccc(O[C@@H]2CCCNC2)nc1. The van der Waals surface area contributed by atoms with Gasteiger partial charge in [-0.2, -0.15) is 0 Å². The van der Waals surface area contributed by atoms with Crippen molar-refractivity contribution >= 4 is 0 Å². The highest BCUT2D eigenvalue weighted by Crippen LogP contribution is 2.16. The number of piperidine rings is 1. The lowest BCUT2D eigenvalue weighted by Crippen LogP contribution is -2.37. The molecular weight excluding hydrogens is 192 g/mol. The van der Waals surface area contributed by atoms with E-state index < -0.39 is 0 Å². The molecule has 1 N–H and O–H groups in total. The Morgan fingerprint density at radius 2 is 2.40 bits per heavy atom. The molecule has 0 saturated carbocycles. The number of hydrogen-bond acceptors (Lipinski definition) is 4. The molecule has 4 nitrogen and oxygen atoms in total. The van der Waals surface area contributed by atoms with Gasteiger partial charge < -0.3 is 14.8 Å². The van der Waals surface area contributed by atoms with E-state index in [2.05, 4.69) is 10.3 Å². The summed E-state index contributed by atoms with van der Waals surface area (Å²) in [7, 11) is 1.63. The molecule has 0 amide bonds. The number of ether oxygens (including phenoxy) is 2. The van der Waals surface area contributed by atoms with Crippen molar-refractivity contribution in [2.75, 3.05) is 20.2 Å². The maximum Gasteiger partial charge on any atom is 0.213 e. The van der Waals surface area contributed by atoms with Crippen molar-refractivity contribution in [1.29, 1.82) is 0 Å².